The van der Waals surface area contributed by atoms with Crippen LogP contribution in [0.4, 0.5) is 0 Å². The molecule has 1 aromatic heterocycles. The number of hydrogen-bond acceptors (Lipinski definition) is 0. The summed E-state index contributed by atoms with van der Waals surface area (Å²) in [5, 5.41) is 1.25. The Labute approximate surface area is 107 Å². The van der Waals surface area contributed by atoms with E-state index in [1.165, 1.54) is 22.0 Å². The maximum Gasteiger partial charge on any atom is 0.0458 e. The second kappa shape index (κ2) is 4.53. The van der Waals surface area contributed by atoms with Crippen molar-refractivity contribution in [2.75, 3.05) is 0 Å². The first-order chi connectivity index (χ1) is 8.83. The minimum atomic E-state index is 1.14. The smallest absolute Gasteiger partial charge is 0.0458 e. The van der Waals surface area contributed by atoms with Crippen LogP contribution in [0.25, 0.3) is 23.1 Å². The topological polar surface area (TPSA) is 15.8 Å². The number of aromatic nitrogens is 1. The van der Waals surface area contributed by atoms with E-state index in [4.69, 9.17) is 0 Å². The predicted molar refractivity (Wildman–Crippen MR) is 78.4 cm³/mol. The summed E-state index contributed by atoms with van der Waals surface area (Å²) < 4.78 is 0. The van der Waals surface area contributed by atoms with E-state index in [-0.39, 0.29) is 0 Å². The molecular weight excluding hydrogens is 218 g/mol. The molecule has 1 N–H and O–H groups in total. The summed E-state index contributed by atoms with van der Waals surface area (Å²) in [6.07, 6.45) is 4.28. The van der Waals surface area contributed by atoms with E-state index < -0.39 is 0 Å². The summed E-state index contributed by atoms with van der Waals surface area (Å²) in [5.41, 5.74) is 4.88. The lowest BCUT2D eigenvalue weighted by Gasteiger charge is -1.97. The molecule has 1 heterocycles. The van der Waals surface area contributed by atoms with Crippen LogP contribution in [0.1, 0.15) is 16.8 Å². The number of para-hydroxylation sites is 1. The van der Waals surface area contributed by atoms with Gasteiger partial charge in [0.25, 0.3) is 0 Å². The van der Waals surface area contributed by atoms with E-state index in [1.54, 1.807) is 0 Å². The number of fused-ring (bicyclic) bond motifs is 1. The van der Waals surface area contributed by atoms with E-state index in [0.717, 1.165) is 5.69 Å². The molecule has 0 aliphatic carbocycles. The van der Waals surface area contributed by atoms with Crippen LogP contribution in [-0.4, -0.2) is 4.98 Å². The van der Waals surface area contributed by atoms with Crippen LogP contribution in [-0.2, 0) is 0 Å². The third-order valence-corrected chi connectivity index (χ3v) is 3.18. The van der Waals surface area contributed by atoms with Crippen LogP contribution in [0, 0.1) is 6.92 Å². The van der Waals surface area contributed by atoms with Crippen molar-refractivity contribution in [2.24, 2.45) is 0 Å². The molecule has 0 atom stereocenters. The van der Waals surface area contributed by atoms with Gasteiger partial charge in [-0.3, -0.25) is 0 Å². The summed E-state index contributed by atoms with van der Waals surface area (Å²) in [5.74, 6) is 0. The van der Waals surface area contributed by atoms with Gasteiger partial charge >= 0.3 is 0 Å². The molecule has 0 fully saturated rings. The third-order valence-electron chi connectivity index (χ3n) is 3.18. The minimum Gasteiger partial charge on any atom is -0.355 e. The van der Waals surface area contributed by atoms with Crippen LogP contribution in [0.3, 0.4) is 0 Å². The molecule has 88 valence electrons. The number of aromatic amines is 1. The molecule has 1 nitrogen and oxygen atoms in total. The normalized spacial score (nSPS) is 11.4. The van der Waals surface area contributed by atoms with Gasteiger partial charge in [-0.15, -0.1) is 0 Å². The molecule has 0 saturated carbocycles. The van der Waals surface area contributed by atoms with Gasteiger partial charge in [-0.25, -0.2) is 0 Å². The fraction of sp³-hybridized carbons (Fsp3) is 0.0588. The van der Waals surface area contributed by atoms with Crippen LogP contribution < -0.4 is 0 Å². The minimum absolute atomic E-state index is 1.14. The average Bonchev–Trinajstić information content (AvgIpc) is 2.80. The van der Waals surface area contributed by atoms with Crippen LogP contribution in [0.2, 0.25) is 0 Å². The predicted octanol–water partition coefficient (Wildman–Crippen LogP) is 4.65. The Balaban J connectivity index is 1.95. The van der Waals surface area contributed by atoms with Crippen molar-refractivity contribution in [1.82, 2.24) is 4.98 Å². The summed E-state index contributed by atoms with van der Waals surface area (Å²) in [4.78, 5) is 3.40. The van der Waals surface area contributed by atoms with Gasteiger partial charge in [-0.1, -0.05) is 48.5 Å². The standard InChI is InChI=1S/C17H15N/c1-13-6-2-3-7-14(13)10-11-16-12-15-8-4-5-9-17(15)18-16/h2-12,18H,1H3/b11-10+. The van der Waals surface area contributed by atoms with Gasteiger partial charge in [-0.05, 0) is 41.6 Å². The van der Waals surface area contributed by atoms with Crippen molar-refractivity contribution in [2.45, 2.75) is 6.92 Å². The highest BCUT2D eigenvalue weighted by Gasteiger charge is 1.96. The van der Waals surface area contributed by atoms with Crippen LogP contribution >= 0.6 is 0 Å². The Bertz CT molecular complexity index is 671. The highest BCUT2D eigenvalue weighted by Crippen LogP contribution is 2.17. The van der Waals surface area contributed by atoms with Crippen molar-refractivity contribution in [3.63, 3.8) is 0 Å². The fourth-order valence-electron chi connectivity index (χ4n) is 2.14. The third kappa shape index (κ3) is 2.07. The zero-order valence-electron chi connectivity index (χ0n) is 10.4. The molecule has 0 saturated heterocycles. The highest BCUT2D eigenvalue weighted by molar-refractivity contribution is 5.84. The van der Waals surface area contributed by atoms with E-state index >= 15 is 0 Å². The van der Waals surface area contributed by atoms with Crippen molar-refractivity contribution in [3.05, 3.63) is 71.4 Å². The molecule has 0 aliphatic heterocycles. The summed E-state index contributed by atoms with van der Waals surface area (Å²) in [6.45, 7) is 2.13. The van der Waals surface area contributed by atoms with Crippen LogP contribution in [0.15, 0.2) is 54.6 Å². The molecule has 2 aromatic carbocycles. The summed E-state index contributed by atoms with van der Waals surface area (Å²) in [6, 6.07) is 18.9. The van der Waals surface area contributed by atoms with Gasteiger partial charge in [0, 0.05) is 11.2 Å². The molecule has 0 amide bonds. The lowest BCUT2D eigenvalue weighted by Crippen LogP contribution is -1.78. The largest absolute Gasteiger partial charge is 0.355 e. The Morgan fingerprint density at radius 3 is 2.50 bits per heavy atom. The SMILES string of the molecule is Cc1ccccc1/C=C/c1cc2ccccc2[nH]1. The number of H-pyrrole nitrogens is 1. The lowest BCUT2D eigenvalue weighted by atomic mass is 10.1. The maximum absolute atomic E-state index is 3.40. The van der Waals surface area contributed by atoms with E-state index in [2.05, 4.69) is 72.6 Å². The van der Waals surface area contributed by atoms with Crippen molar-refractivity contribution >= 4 is 23.1 Å². The van der Waals surface area contributed by atoms with E-state index in [0.29, 0.717) is 0 Å². The molecule has 0 bridgehead atoms. The Morgan fingerprint density at radius 1 is 0.889 bits per heavy atom. The second-order valence-corrected chi connectivity index (χ2v) is 4.50. The summed E-state index contributed by atoms with van der Waals surface area (Å²) >= 11 is 0. The van der Waals surface area contributed by atoms with Gasteiger partial charge in [-0.2, -0.15) is 0 Å². The van der Waals surface area contributed by atoms with Gasteiger partial charge in [0.15, 0.2) is 0 Å². The first-order valence-corrected chi connectivity index (χ1v) is 6.14. The van der Waals surface area contributed by atoms with Crippen molar-refractivity contribution in [1.29, 1.82) is 0 Å². The first-order valence-electron chi connectivity index (χ1n) is 6.14. The molecule has 0 radical (unpaired) electrons. The van der Waals surface area contributed by atoms with Crippen molar-refractivity contribution < 1.29 is 0 Å². The summed E-state index contributed by atoms with van der Waals surface area (Å²) in [7, 11) is 0. The Kier molecular flexibility index (Phi) is 2.73. The monoisotopic (exact) mass is 233 g/mol. The molecule has 0 spiro atoms. The van der Waals surface area contributed by atoms with Crippen molar-refractivity contribution in [3.8, 4) is 0 Å². The number of aryl methyl sites for hydroxylation is 1. The highest BCUT2D eigenvalue weighted by atomic mass is 14.7. The molecular formula is C17H15N. The molecule has 0 unspecified atom stereocenters. The number of nitrogens with one attached hydrogen (secondary N) is 1. The molecule has 1 heteroatoms. The zero-order chi connectivity index (χ0) is 12.4. The van der Waals surface area contributed by atoms with Gasteiger partial charge in [0.2, 0.25) is 0 Å². The number of hydrogen-bond donors (Lipinski definition) is 1. The number of rotatable bonds is 2. The first kappa shape index (κ1) is 10.8. The molecule has 0 aliphatic rings. The van der Waals surface area contributed by atoms with Gasteiger partial charge < -0.3 is 4.98 Å². The molecule has 18 heavy (non-hydrogen) atoms. The van der Waals surface area contributed by atoms with E-state index in [9.17, 15) is 0 Å². The Morgan fingerprint density at radius 2 is 1.67 bits per heavy atom. The quantitative estimate of drug-likeness (QED) is 0.663. The lowest BCUT2D eigenvalue weighted by molar-refractivity contribution is 1.42. The Hall–Kier alpha value is -2.28. The van der Waals surface area contributed by atoms with Crippen LogP contribution in [0.5, 0.6) is 0 Å². The van der Waals surface area contributed by atoms with E-state index in [1.807, 2.05) is 6.07 Å². The number of benzene rings is 2. The van der Waals surface area contributed by atoms with Gasteiger partial charge in [0.1, 0.15) is 0 Å². The average molecular weight is 233 g/mol. The zero-order valence-corrected chi connectivity index (χ0v) is 10.4. The molecule has 3 rings (SSSR count). The fourth-order valence-corrected chi connectivity index (χ4v) is 2.14. The van der Waals surface area contributed by atoms with Gasteiger partial charge in [0.05, 0.1) is 0 Å². The maximum atomic E-state index is 3.40. The molecule has 3 aromatic rings. The second-order valence-electron chi connectivity index (χ2n) is 4.50.